The van der Waals surface area contributed by atoms with Crippen molar-refractivity contribution in [3.05, 3.63) is 41.5 Å². The topological polar surface area (TPSA) is 20.2 Å². The molecule has 0 saturated carbocycles. The van der Waals surface area contributed by atoms with Crippen LogP contribution in [0.5, 0.6) is 0 Å². The minimum absolute atomic E-state index is 0.00481. The lowest BCUT2D eigenvalue weighted by Crippen LogP contribution is -1.91. The van der Waals surface area contributed by atoms with Crippen LogP contribution in [0.3, 0.4) is 0 Å². The molecule has 0 amide bonds. The van der Waals surface area contributed by atoms with Crippen LogP contribution in [0.25, 0.3) is 0 Å². The Morgan fingerprint density at radius 3 is 2.64 bits per heavy atom. The van der Waals surface area contributed by atoms with Crippen molar-refractivity contribution in [2.24, 2.45) is 0 Å². The third-order valence-electron chi connectivity index (χ3n) is 1.33. The van der Waals surface area contributed by atoms with Gasteiger partial charge in [-0.2, -0.15) is 0 Å². The molecule has 1 nitrogen and oxygen atoms in total. The minimum Gasteiger partial charge on any atom is -0.388 e. The maximum absolute atomic E-state index is 12.5. The fourth-order valence-electron chi connectivity index (χ4n) is 0.720. The van der Waals surface area contributed by atoms with E-state index >= 15 is 0 Å². The second-order valence-electron chi connectivity index (χ2n) is 2.19. The fraction of sp³-hybridized carbons (Fsp3) is 0.125. The van der Waals surface area contributed by atoms with E-state index in [1.807, 2.05) is 0 Å². The maximum atomic E-state index is 12.5. The Balaban J connectivity index is 3.05. The molecule has 1 aromatic carbocycles. The molecule has 59 valence electrons. The molecule has 0 saturated heterocycles. The van der Waals surface area contributed by atoms with Crippen LogP contribution >= 0.6 is 11.6 Å². The Kier molecular flexibility index (Phi) is 2.47. The summed E-state index contributed by atoms with van der Waals surface area (Å²) >= 11 is 5.44. The highest BCUT2D eigenvalue weighted by molar-refractivity contribution is 6.30. The third kappa shape index (κ3) is 1.91. The van der Waals surface area contributed by atoms with Crippen molar-refractivity contribution in [3.63, 3.8) is 0 Å². The van der Waals surface area contributed by atoms with Crippen molar-refractivity contribution in [2.75, 3.05) is 0 Å². The number of halogens is 2. The predicted molar refractivity (Wildman–Crippen MR) is 41.7 cm³/mol. The Bertz CT molecular complexity index is 260. The molecular weight excluding hydrogens is 167 g/mol. The van der Waals surface area contributed by atoms with Gasteiger partial charge in [-0.25, -0.2) is 4.39 Å². The fourth-order valence-corrected chi connectivity index (χ4v) is 0.909. The molecule has 0 aliphatic heterocycles. The van der Waals surface area contributed by atoms with Crippen LogP contribution in [0.2, 0.25) is 5.02 Å². The molecule has 1 N–H and O–H groups in total. The van der Waals surface area contributed by atoms with E-state index in [0.29, 0.717) is 5.56 Å². The molecule has 0 aromatic heterocycles. The highest BCUT2D eigenvalue weighted by atomic mass is 35.5. The highest BCUT2D eigenvalue weighted by Gasteiger charge is 2.04. The van der Waals surface area contributed by atoms with E-state index in [-0.39, 0.29) is 5.02 Å². The van der Waals surface area contributed by atoms with E-state index in [2.05, 4.69) is 6.92 Å². The average molecular weight is 174 g/mol. The summed E-state index contributed by atoms with van der Waals surface area (Å²) in [6, 6.07) is 4.00. The van der Waals surface area contributed by atoms with Gasteiger partial charge in [-0.15, -0.1) is 0 Å². The van der Waals surface area contributed by atoms with Gasteiger partial charge < -0.3 is 5.11 Å². The molecule has 1 aromatic rings. The second-order valence-corrected chi connectivity index (χ2v) is 2.60. The van der Waals surface area contributed by atoms with E-state index in [1.54, 1.807) is 0 Å². The molecule has 0 fully saturated rings. The molecule has 1 unspecified atom stereocenters. The monoisotopic (exact) mass is 173 g/mol. The second kappa shape index (κ2) is 3.20. The van der Waals surface area contributed by atoms with Gasteiger partial charge in [0.25, 0.3) is 0 Å². The first-order chi connectivity index (χ1) is 5.11. The van der Waals surface area contributed by atoms with Gasteiger partial charge in [-0.1, -0.05) is 17.7 Å². The summed E-state index contributed by atoms with van der Waals surface area (Å²) in [7, 11) is 0. The van der Waals surface area contributed by atoms with E-state index < -0.39 is 11.9 Å². The first kappa shape index (κ1) is 8.50. The lowest BCUT2D eigenvalue weighted by Gasteiger charge is -2.03. The number of aliphatic hydroxyl groups excluding tert-OH is 1. The average Bonchev–Trinajstić information content (AvgIpc) is 1.94. The summed E-state index contributed by atoms with van der Waals surface area (Å²) in [5.74, 6) is -0.490. The summed E-state index contributed by atoms with van der Waals surface area (Å²) in [4.78, 5) is 0. The van der Waals surface area contributed by atoms with Gasteiger partial charge in [0.15, 0.2) is 0 Å². The van der Waals surface area contributed by atoms with Crippen molar-refractivity contribution in [1.29, 1.82) is 0 Å². The first-order valence-electron chi connectivity index (χ1n) is 3.07. The van der Waals surface area contributed by atoms with Crippen molar-refractivity contribution in [1.82, 2.24) is 0 Å². The largest absolute Gasteiger partial charge is 0.388 e. The van der Waals surface area contributed by atoms with E-state index in [4.69, 9.17) is 16.7 Å². The number of hydrogen-bond acceptors (Lipinski definition) is 1. The van der Waals surface area contributed by atoms with Gasteiger partial charge >= 0.3 is 0 Å². The lowest BCUT2D eigenvalue weighted by molar-refractivity contribution is 0.226. The zero-order chi connectivity index (χ0) is 8.43. The summed E-state index contributed by atoms with van der Waals surface area (Å²) in [6.07, 6.45) is -0.854. The number of aliphatic hydroxyl groups is 1. The first-order valence-corrected chi connectivity index (χ1v) is 3.45. The van der Waals surface area contributed by atoms with Crippen molar-refractivity contribution in [2.45, 2.75) is 6.10 Å². The van der Waals surface area contributed by atoms with Gasteiger partial charge in [-0.3, -0.25) is 0 Å². The smallest absolute Gasteiger partial charge is 0.141 e. The zero-order valence-electron chi connectivity index (χ0n) is 5.72. The van der Waals surface area contributed by atoms with Gasteiger partial charge in [-0.05, 0) is 24.6 Å². The van der Waals surface area contributed by atoms with Gasteiger partial charge in [0.05, 0.1) is 11.1 Å². The van der Waals surface area contributed by atoms with Crippen molar-refractivity contribution < 1.29 is 9.50 Å². The maximum Gasteiger partial charge on any atom is 0.141 e. The molecular formula is C8H7ClFO. The van der Waals surface area contributed by atoms with Crippen LogP contribution in [0.15, 0.2) is 18.2 Å². The number of benzene rings is 1. The van der Waals surface area contributed by atoms with E-state index in [9.17, 15) is 4.39 Å². The predicted octanol–water partition coefficient (Wildman–Crippen LogP) is 2.35. The Morgan fingerprint density at radius 2 is 2.18 bits per heavy atom. The van der Waals surface area contributed by atoms with Crippen LogP contribution in [0, 0.1) is 12.7 Å². The molecule has 0 aliphatic rings. The van der Waals surface area contributed by atoms with Crippen molar-refractivity contribution in [3.8, 4) is 0 Å². The van der Waals surface area contributed by atoms with Gasteiger partial charge in [0.1, 0.15) is 5.82 Å². The highest BCUT2D eigenvalue weighted by Crippen LogP contribution is 2.19. The molecule has 11 heavy (non-hydrogen) atoms. The van der Waals surface area contributed by atoms with Gasteiger partial charge in [0.2, 0.25) is 0 Å². The summed E-state index contributed by atoms with van der Waals surface area (Å²) in [6.45, 7) is 3.35. The number of hydrogen-bond donors (Lipinski definition) is 1. The summed E-state index contributed by atoms with van der Waals surface area (Å²) in [5.41, 5.74) is 0.511. The minimum atomic E-state index is -0.854. The SMILES string of the molecule is [CH2]C(O)c1ccc(F)c(Cl)c1. The molecule has 1 radical (unpaired) electrons. The number of rotatable bonds is 1. The van der Waals surface area contributed by atoms with Crippen molar-refractivity contribution >= 4 is 11.6 Å². The molecule has 1 rings (SSSR count). The molecule has 0 bridgehead atoms. The van der Waals surface area contributed by atoms with E-state index in [0.717, 1.165) is 0 Å². The Morgan fingerprint density at radius 1 is 1.55 bits per heavy atom. The molecule has 0 spiro atoms. The normalized spacial score (nSPS) is 13.1. The van der Waals surface area contributed by atoms with Crippen LogP contribution in [-0.4, -0.2) is 5.11 Å². The summed E-state index contributed by atoms with van der Waals surface area (Å²) in [5, 5.41) is 8.95. The van der Waals surface area contributed by atoms with Crippen LogP contribution in [0.1, 0.15) is 11.7 Å². The Labute approximate surface area is 69.4 Å². The van der Waals surface area contributed by atoms with Crippen LogP contribution in [-0.2, 0) is 0 Å². The summed E-state index contributed by atoms with van der Waals surface area (Å²) < 4.78 is 12.5. The van der Waals surface area contributed by atoms with Gasteiger partial charge in [0, 0.05) is 0 Å². The standard InChI is InChI=1S/C8H7ClFO/c1-5(11)6-2-3-8(10)7(9)4-6/h2-5,11H,1H2. The van der Waals surface area contributed by atoms with Crippen LogP contribution < -0.4 is 0 Å². The Hall–Kier alpha value is -0.600. The quantitative estimate of drug-likeness (QED) is 0.691. The van der Waals surface area contributed by atoms with Crippen LogP contribution in [0.4, 0.5) is 4.39 Å². The molecule has 0 heterocycles. The zero-order valence-corrected chi connectivity index (χ0v) is 6.48. The molecule has 1 atom stereocenters. The molecule has 0 aliphatic carbocycles. The third-order valence-corrected chi connectivity index (χ3v) is 1.62. The molecule has 3 heteroatoms. The van der Waals surface area contributed by atoms with E-state index in [1.165, 1.54) is 18.2 Å². The lowest BCUT2D eigenvalue weighted by atomic mass is 10.1.